The van der Waals surface area contributed by atoms with Crippen molar-refractivity contribution in [3.63, 3.8) is 0 Å². The molecule has 140 valence electrons. The molecule has 0 radical (unpaired) electrons. The fourth-order valence-electron chi connectivity index (χ4n) is 2.00. The average molecular weight is 418 g/mol. The molecule has 0 fully saturated rings. The van der Waals surface area contributed by atoms with E-state index in [-0.39, 0.29) is 9.79 Å². The largest absolute Gasteiger partial charge is 0.325 e. The van der Waals surface area contributed by atoms with Crippen LogP contribution in [0, 0.1) is 0 Å². The Bertz CT molecular complexity index is 1000. The fraction of sp³-hybridized carbons (Fsp3) is 0.133. The first-order valence-electron chi connectivity index (χ1n) is 7.15. The van der Waals surface area contributed by atoms with Crippen molar-refractivity contribution < 1.29 is 21.6 Å². The third kappa shape index (κ3) is 5.02. The van der Waals surface area contributed by atoms with Crippen molar-refractivity contribution in [2.45, 2.75) is 9.79 Å². The van der Waals surface area contributed by atoms with Gasteiger partial charge in [-0.25, -0.2) is 22.0 Å². The summed E-state index contributed by atoms with van der Waals surface area (Å²) in [6, 6.07) is 10.7. The number of rotatable bonds is 6. The molecule has 2 aromatic rings. The normalized spacial score (nSPS) is 12.2. The van der Waals surface area contributed by atoms with Gasteiger partial charge in [-0.05, 0) is 48.5 Å². The van der Waals surface area contributed by atoms with Gasteiger partial charge in [-0.3, -0.25) is 4.79 Å². The molecule has 2 aromatic carbocycles. The summed E-state index contributed by atoms with van der Waals surface area (Å²) in [5.74, 6) is -0.589. The van der Waals surface area contributed by atoms with Crippen LogP contribution in [-0.4, -0.2) is 40.6 Å². The lowest BCUT2D eigenvalue weighted by molar-refractivity contribution is -0.116. The summed E-state index contributed by atoms with van der Waals surface area (Å²) in [7, 11) is -6.41. The predicted octanol–water partition coefficient (Wildman–Crippen LogP) is 1.25. The van der Waals surface area contributed by atoms with Gasteiger partial charge in [-0.15, -0.1) is 0 Å². The number of hydrogen-bond donors (Lipinski definition) is 2. The monoisotopic (exact) mass is 417 g/mol. The molecule has 0 aliphatic heterocycles. The van der Waals surface area contributed by atoms with E-state index in [1.807, 2.05) is 0 Å². The Morgan fingerprint density at radius 3 is 2.00 bits per heavy atom. The number of nitrogens with one attached hydrogen (secondary N) is 1. The van der Waals surface area contributed by atoms with Crippen LogP contribution in [0.1, 0.15) is 0 Å². The van der Waals surface area contributed by atoms with Gasteiger partial charge in [-0.1, -0.05) is 11.6 Å². The molecule has 0 saturated carbocycles. The van der Waals surface area contributed by atoms with Crippen LogP contribution in [0.4, 0.5) is 5.69 Å². The Labute approximate surface area is 156 Å². The van der Waals surface area contributed by atoms with Crippen LogP contribution >= 0.6 is 11.6 Å². The van der Waals surface area contributed by atoms with Gasteiger partial charge in [0, 0.05) is 17.8 Å². The van der Waals surface area contributed by atoms with E-state index in [2.05, 4.69) is 5.32 Å². The average Bonchev–Trinajstić information content (AvgIpc) is 2.54. The smallest absolute Gasteiger partial charge is 0.243 e. The number of carbonyl (C=O) groups is 1. The van der Waals surface area contributed by atoms with Gasteiger partial charge < -0.3 is 5.32 Å². The molecule has 2 rings (SSSR count). The van der Waals surface area contributed by atoms with Gasteiger partial charge in [0.1, 0.15) is 0 Å². The van der Waals surface area contributed by atoms with Gasteiger partial charge in [-0.2, -0.15) is 4.31 Å². The highest BCUT2D eigenvalue weighted by Gasteiger charge is 2.23. The first kappa shape index (κ1) is 20.3. The first-order valence-corrected chi connectivity index (χ1v) is 10.5. The molecule has 0 heterocycles. The van der Waals surface area contributed by atoms with E-state index in [0.717, 1.165) is 4.31 Å². The Hall–Kier alpha value is -1.98. The van der Waals surface area contributed by atoms with Crippen LogP contribution in [-0.2, 0) is 24.8 Å². The standard InChI is InChI=1S/C15H16ClN3O5S2/c1-19(26(23,24)14-6-2-11(16)3-7-14)10-15(20)18-12-4-8-13(9-5-12)25(17,21)22/h2-9H,10H2,1H3,(H,18,20)(H2,17,21,22). The highest BCUT2D eigenvalue weighted by Crippen LogP contribution is 2.18. The Balaban J connectivity index is 2.06. The molecule has 0 bridgehead atoms. The van der Waals surface area contributed by atoms with Gasteiger partial charge in [0.15, 0.2) is 0 Å². The first-order chi connectivity index (χ1) is 12.0. The molecule has 0 saturated heterocycles. The lowest BCUT2D eigenvalue weighted by atomic mass is 10.3. The van der Waals surface area contributed by atoms with Crippen LogP contribution in [0.25, 0.3) is 0 Å². The van der Waals surface area contributed by atoms with E-state index in [4.69, 9.17) is 16.7 Å². The summed E-state index contributed by atoms with van der Waals surface area (Å²) in [5, 5.41) is 7.87. The SMILES string of the molecule is CN(CC(=O)Nc1ccc(S(N)(=O)=O)cc1)S(=O)(=O)c1ccc(Cl)cc1. The molecule has 0 aromatic heterocycles. The molecule has 3 N–H and O–H groups in total. The Morgan fingerprint density at radius 2 is 1.50 bits per heavy atom. The summed E-state index contributed by atoms with van der Waals surface area (Å²) in [4.78, 5) is 12.0. The third-order valence-corrected chi connectivity index (χ3v) is 6.35. The summed E-state index contributed by atoms with van der Waals surface area (Å²) >= 11 is 5.74. The maximum atomic E-state index is 12.4. The molecule has 8 nitrogen and oxygen atoms in total. The van der Waals surface area contributed by atoms with E-state index in [9.17, 15) is 21.6 Å². The van der Waals surface area contributed by atoms with E-state index in [1.54, 1.807) is 0 Å². The number of carbonyl (C=O) groups excluding carboxylic acids is 1. The Morgan fingerprint density at radius 1 is 1.00 bits per heavy atom. The zero-order chi connectivity index (χ0) is 19.5. The second kappa shape index (κ2) is 7.72. The van der Waals surface area contributed by atoms with Crippen LogP contribution in [0.15, 0.2) is 58.3 Å². The number of nitrogens with zero attached hydrogens (tertiary/aromatic N) is 1. The molecule has 1 amide bonds. The molecular formula is C15H16ClN3O5S2. The molecule has 0 atom stereocenters. The molecule has 26 heavy (non-hydrogen) atoms. The van der Waals surface area contributed by atoms with Crippen LogP contribution in [0.2, 0.25) is 5.02 Å². The minimum Gasteiger partial charge on any atom is -0.325 e. The second-order valence-corrected chi connectivity index (χ2v) is 9.38. The topological polar surface area (TPSA) is 127 Å². The van der Waals surface area contributed by atoms with Crippen molar-refractivity contribution in [3.05, 3.63) is 53.6 Å². The van der Waals surface area contributed by atoms with Crippen molar-refractivity contribution in [1.82, 2.24) is 4.31 Å². The highest BCUT2D eigenvalue weighted by atomic mass is 35.5. The van der Waals surface area contributed by atoms with Crippen LogP contribution < -0.4 is 10.5 Å². The summed E-state index contributed by atoms with van der Waals surface area (Å²) in [5.41, 5.74) is 0.305. The number of benzene rings is 2. The lowest BCUT2D eigenvalue weighted by Gasteiger charge is -2.17. The number of hydrogen-bond acceptors (Lipinski definition) is 5. The van der Waals surface area contributed by atoms with E-state index in [1.165, 1.54) is 55.6 Å². The summed E-state index contributed by atoms with van der Waals surface area (Å²) < 4.78 is 48.1. The summed E-state index contributed by atoms with van der Waals surface area (Å²) in [6.07, 6.45) is 0. The quantitative estimate of drug-likeness (QED) is 0.731. The maximum Gasteiger partial charge on any atom is 0.243 e. The minimum absolute atomic E-state index is 0.00899. The highest BCUT2D eigenvalue weighted by molar-refractivity contribution is 7.89. The zero-order valence-electron chi connectivity index (χ0n) is 13.6. The third-order valence-electron chi connectivity index (χ3n) is 3.35. The van der Waals surface area contributed by atoms with Gasteiger partial charge in [0.2, 0.25) is 26.0 Å². The van der Waals surface area contributed by atoms with E-state index >= 15 is 0 Å². The van der Waals surface area contributed by atoms with Crippen LogP contribution in [0.5, 0.6) is 0 Å². The van der Waals surface area contributed by atoms with Crippen molar-refractivity contribution in [2.24, 2.45) is 5.14 Å². The van der Waals surface area contributed by atoms with Crippen molar-refractivity contribution in [1.29, 1.82) is 0 Å². The molecule has 11 heteroatoms. The fourth-order valence-corrected chi connectivity index (χ4v) is 3.77. The second-order valence-electron chi connectivity index (χ2n) is 5.33. The number of likely N-dealkylation sites (N-methyl/N-ethyl adjacent to an activating group) is 1. The van der Waals surface area contributed by atoms with E-state index in [0.29, 0.717) is 10.7 Å². The number of nitrogens with two attached hydrogens (primary N) is 1. The van der Waals surface area contributed by atoms with Crippen molar-refractivity contribution in [2.75, 3.05) is 18.9 Å². The van der Waals surface area contributed by atoms with Crippen molar-refractivity contribution in [3.8, 4) is 0 Å². The number of sulfonamides is 2. The predicted molar refractivity (Wildman–Crippen MR) is 97.7 cm³/mol. The maximum absolute atomic E-state index is 12.4. The zero-order valence-corrected chi connectivity index (χ0v) is 16.0. The molecule has 0 aliphatic rings. The Kier molecular flexibility index (Phi) is 6.04. The van der Waals surface area contributed by atoms with Gasteiger partial charge in [0.25, 0.3) is 0 Å². The molecule has 0 unspecified atom stereocenters. The van der Waals surface area contributed by atoms with Crippen molar-refractivity contribution >= 4 is 43.2 Å². The van der Waals surface area contributed by atoms with Crippen LogP contribution in [0.3, 0.4) is 0 Å². The number of halogens is 1. The number of amides is 1. The number of primary sulfonamides is 1. The van der Waals surface area contributed by atoms with E-state index < -0.39 is 32.5 Å². The van der Waals surface area contributed by atoms with Gasteiger partial charge >= 0.3 is 0 Å². The number of anilines is 1. The molecular weight excluding hydrogens is 402 g/mol. The molecule has 0 spiro atoms. The summed E-state index contributed by atoms with van der Waals surface area (Å²) in [6.45, 7) is -0.429. The molecule has 0 aliphatic carbocycles. The lowest BCUT2D eigenvalue weighted by Crippen LogP contribution is -2.34. The van der Waals surface area contributed by atoms with Gasteiger partial charge in [0.05, 0.1) is 16.3 Å². The minimum atomic E-state index is -3.85.